The normalized spacial score (nSPS) is 13.1. The number of rotatable bonds is 5. The van der Waals surface area contributed by atoms with Crippen molar-refractivity contribution in [3.63, 3.8) is 0 Å². The molecule has 0 atom stereocenters. The van der Waals surface area contributed by atoms with E-state index in [1.165, 1.54) is 4.40 Å². The van der Waals surface area contributed by atoms with Crippen LogP contribution in [0.1, 0.15) is 36.4 Å². The summed E-state index contributed by atoms with van der Waals surface area (Å²) in [5.74, 6) is 6.43. The SMILES string of the molecule is [2H]C([2H])([2H])c1ccc(-c2ccc3c(c2)oc2c[c-]c(-c4cc(C([2H])(C)C)ccn4)cc23)cc1.[CH3][Ge]([CH3])([CH3])[c]1ccc(-c2[c-]cccc2)nc1.[Ir]. The second kappa shape index (κ2) is 14.3. The Labute approximate surface area is 294 Å². The summed E-state index contributed by atoms with van der Waals surface area (Å²) in [5.41, 5.74) is 8.29. The zero-order chi connectivity index (χ0) is 35.0. The predicted molar refractivity (Wildman–Crippen MR) is 192 cm³/mol. The van der Waals surface area contributed by atoms with Gasteiger partial charge >= 0.3 is 99.8 Å². The van der Waals surface area contributed by atoms with Gasteiger partial charge in [0.15, 0.2) is 0 Å². The summed E-state index contributed by atoms with van der Waals surface area (Å²) in [6.45, 7) is 1.61. The van der Waals surface area contributed by atoms with Crippen LogP contribution in [0, 0.1) is 19.0 Å². The van der Waals surface area contributed by atoms with Gasteiger partial charge in [-0.15, -0.1) is 23.8 Å². The Morgan fingerprint density at radius 3 is 2.24 bits per heavy atom. The van der Waals surface area contributed by atoms with E-state index in [0.29, 0.717) is 5.56 Å². The van der Waals surface area contributed by atoms with Crippen LogP contribution in [0.25, 0.3) is 55.6 Å². The Hall–Kier alpha value is -3.83. The van der Waals surface area contributed by atoms with Crippen LogP contribution in [-0.2, 0) is 20.1 Å². The van der Waals surface area contributed by atoms with E-state index >= 15 is 0 Å². The molecule has 0 aliphatic heterocycles. The summed E-state index contributed by atoms with van der Waals surface area (Å²) in [6.07, 6.45) is 3.77. The van der Waals surface area contributed by atoms with Gasteiger partial charge in [-0.2, -0.15) is 0 Å². The molecule has 5 heteroatoms. The topological polar surface area (TPSA) is 38.9 Å². The molecular formula is C41H38GeIrN2O-2. The van der Waals surface area contributed by atoms with Crippen LogP contribution in [-0.4, -0.2) is 23.2 Å². The summed E-state index contributed by atoms with van der Waals surface area (Å²) in [6, 6.07) is 39.4. The second-order valence-electron chi connectivity index (χ2n) is 12.4. The first kappa shape index (κ1) is 28.4. The molecule has 0 aliphatic carbocycles. The van der Waals surface area contributed by atoms with Gasteiger partial charge < -0.3 is 9.40 Å². The first-order chi connectivity index (χ1) is 23.2. The minimum atomic E-state index is -2.11. The van der Waals surface area contributed by atoms with E-state index in [2.05, 4.69) is 51.5 Å². The molecule has 0 saturated carbocycles. The van der Waals surface area contributed by atoms with E-state index in [4.69, 9.17) is 9.90 Å². The van der Waals surface area contributed by atoms with Crippen molar-refractivity contribution >= 4 is 39.6 Å². The third kappa shape index (κ3) is 7.58. The van der Waals surface area contributed by atoms with Gasteiger partial charge in [-0.25, -0.2) is 0 Å². The number of fused-ring (bicyclic) bond motifs is 3. The summed E-state index contributed by atoms with van der Waals surface area (Å²) in [4.78, 5) is 9.02. The average molecular weight is 844 g/mol. The Bertz CT molecular complexity index is 2220. The van der Waals surface area contributed by atoms with Crippen molar-refractivity contribution in [2.75, 3.05) is 0 Å². The molecule has 4 aromatic carbocycles. The van der Waals surface area contributed by atoms with Gasteiger partial charge in [0.25, 0.3) is 0 Å². The fourth-order valence-corrected chi connectivity index (χ4v) is 7.32. The van der Waals surface area contributed by atoms with Gasteiger partial charge in [0, 0.05) is 37.2 Å². The van der Waals surface area contributed by atoms with Crippen LogP contribution in [0.3, 0.4) is 0 Å². The molecule has 3 heterocycles. The first-order valence-electron chi connectivity index (χ1n) is 17.1. The molecule has 0 aliphatic rings. The monoisotopic (exact) mass is 845 g/mol. The quantitative estimate of drug-likeness (QED) is 0.128. The van der Waals surface area contributed by atoms with Gasteiger partial charge in [0.1, 0.15) is 5.58 Å². The minimum Gasteiger partial charge on any atom is 0 e. The number of nitrogens with zero attached hydrogens (tertiary/aromatic N) is 2. The van der Waals surface area contributed by atoms with Gasteiger partial charge in [-0.05, 0) is 41.7 Å². The molecule has 0 saturated heterocycles. The van der Waals surface area contributed by atoms with Crippen molar-refractivity contribution in [3.8, 4) is 33.6 Å². The average Bonchev–Trinajstić information content (AvgIpc) is 3.45. The maximum absolute atomic E-state index is 8.30. The zero-order valence-corrected chi connectivity index (χ0v) is 31.1. The largest absolute Gasteiger partial charge is 0 e. The van der Waals surface area contributed by atoms with Gasteiger partial charge in [0.05, 0.1) is 5.58 Å². The van der Waals surface area contributed by atoms with Crippen molar-refractivity contribution < 1.29 is 30.0 Å². The van der Waals surface area contributed by atoms with Gasteiger partial charge in [0.2, 0.25) is 0 Å². The van der Waals surface area contributed by atoms with E-state index in [1.54, 1.807) is 18.3 Å². The number of furan rings is 1. The number of aryl methyl sites for hydroxylation is 1. The molecular weight excluding hydrogens is 801 g/mol. The third-order valence-electron chi connectivity index (χ3n) is 7.85. The Balaban J connectivity index is 0.000000241. The molecule has 7 rings (SSSR count). The van der Waals surface area contributed by atoms with Crippen LogP contribution in [0.15, 0.2) is 120 Å². The van der Waals surface area contributed by atoms with E-state index in [-0.39, 0.29) is 20.1 Å². The summed E-state index contributed by atoms with van der Waals surface area (Å²) in [7, 11) is 0. The van der Waals surface area contributed by atoms with Crippen molar-refractivity contribution in [3.05, 3.63) is 139 Å². The molecule has 3 nitrogen and oxygen atoms in total. The van der Waals surface area contributed by atoms with Gasteiger partial charge in [-0.3, -0.25) is 0 Å². The molecule has 0 unspecified atom stereocenters. The van der Waals surface area contributed by atoms with Crippen molar-refractivity contribution in [1.82, 2.24) is 9.97 Å². The first-order valence-corrected chi connectivity index (χ1v) is 22.4. The fourth-order valence-electron chi connectivity index (χ4n) is 5.15. The molecule has 0 fully saturated rings. The molecule has 0 N–H and O–H groups in total. The maximum Gasteiger partial charge on any atom is 0 e. The van der Waals surface area contributed by atoms with Crippen LogP contribution in [0.2, 0.25) is 17.3 Å². The smallest absolute Gasteiger partial charge is 0 e. The van der Waals surface area contributed by atoms with E-state index < -0.39 is 26.0 Å². The standard InChI is InChI=1S/C27H22NO.C14H16GeN.Ir/c1-17(2)20-12-13-28-25(15-20)22-9-11-26-24(14-22)23-10-8-21(16-27(23)29-26)19-6-4-18(3)5-7-19;1-15(2,3)13-9-10-14(16-11-13)12-7-5-4-6-8-12;/h4-8,10-17H,1-3H3;4-7,9-11H,1-3H3;/q2*-1;/i3D3,17D;;. The Morgan fingerprint density at radius 2 is 1.57 bits per heavy atom. The number of pyridine rings is 2. The molecule has 233 valence electrons. The number of benzene rings is 4. The number of hydrogen-bond acceptors (Lipinski definition) is 3. The van der Waals surface area contributed by atoms with E-state index in [1.807, 2.05) is 98.9 Å². The molecule has 0 bridgehead atoms. The Kier molecular flexibility index (Phi) is 8.83. The van der Waals surface area contributed by atoms with Crippen LogP contribution in [0.5, 0.6) is 0 Å². The van der Waals surface area contributed by atoms with Crippen molar-refractivity contribution in [1.29, 1.82) is 0 Å². The van der Waals surface area contributed by atoms with E-state index in [9.17, 15) is 0 Å². The Morgan fingerprint density at radius 1 is 0.761 bits per heavy atom. The molecule has 3 aromatic heterocycles. The number of aromatic nitrogens is 2. The maximum atomic E-state index is 8.30. The van der Waals surface area contributed by atoms with Crippen molar-refractivity contribution in [2.45, 2.75) is 43.9 Å². The zero-order valence-electron chi connectivity index (χ0n) is 30.6. The summed E-state index contributed by atoms with van der Waals surface area (Å²) in [5, 5.41) is 1.96. The molecule has 7 aromatic rings. The number of hydrogen-bond donors (Lipinski definition) is 0. The van der Waals surface area contributed by atoms with E-state index in [0.717, 1.165) is 61.1 Å². The van der Waals surface area contributed by atoms with Crippen LogP contribution < -0.4 is 4.40 Å². The van der Waals surface area contributed by atoms with Crippen LogP contribution in [0.4, 0.5) is 0 Å². The van der Waals surface area contributed by atoms with Crippen LogP contribution >= 0.6 is 0 Å². The second-order valence-corrected chi connectivity index (χ2v) is 23.1. The third-order valence-corrected chi connectivity index (χ3v) is 12.1. The predicted octanol–water partition coefficient (Wildman–Crippen LogP) is 10.6. The summed E-state index contributed by atoms with van der Waals surface area (Å²) < 4.78 is 38.5. The molecule has 1 radical (unpaired) electrons. The van der Waals surface area contributed by atoms with Gasteiger partial charge in [-0.1, -0.05) is 72.8 Å². The molecule has 46 heavy (non-hydrogen) atoms. The summed E-state index contributed by atoms with van der Waals surface area (Å²) >= 11 is -1.72. The molecule has 0 spiro atoms. The fraction of sp³-hybridized carbons (Fsp3) is 0.171. The van der Waals surface area contributed by atoms with Crippen molar-refractivity contribution in [2.24, 2.45) is 0 Å². The molecule has 0 amide bonds. The minimum absolute atomic E-state index is 0.